The van der Waals surface area contributed by atoms with Crippen molar-refractivity contribution in [2.75, 3.05) is 38.1 Å². The zero-order chi connectivity index (χ0) is 28.8. The first kappa shape index (κ1) is 28.5. The normalized spacial score (nSPS) is 14.8. The molecule has 208 valence electrons. The molecule has 1 N–H and O–H groups in total. The number of benzene rings is 3. The molecule has 0 aliphatic carbocycles. The number of nitrogens with zero attached hydrogens (tertiary/aromatic N) is 2. The van der Waals surface area contributed by atoms with Crippen LogP contribution in [0.1, 0.15) is 22.3 Å². The van der Waals surface area contributed by atoms with E-state index in [9.17, 15) is 18.8 Å². The smallest absolute Gasteiger partial charge is 0.337 e. The van der Waals surface area contributed by atoms with Crippen LogP contribution in [0.15, 0.2) is 66.7 Å². The van der Waals surface area contributed by atoms with Gasteiger partial charge >= 0.3 is 5.97 Å². The van der Waals surface area contributed by atoms with Crippen molar-refractivity contribution in [1.82, 2.24) is 4.90 Å². The van der Waals surface area contributed by atoms with Gasteiger partial charge in [-0.1, -0.05) is 6.07 Å². The summed E-state index contributed by atoms with van der Waals surface area (Å²) in [6.07, 6.45) is 0.319. The summed E-state index contributed by atoms with van der Waals surface area (Å²) in [6, 6.07) is 16.3. The topological polar surface area (TPSA) is 97.4 Å². The monoisotopic (exact) mass is 565 g/mol. The van der Waals surface area contributed by atoms with Crippen LogP contribution in [0, 0.1) is 5.82 Å². The third-order valence-corrected chi connectivity index (χ3v) is 6.88. The van der Waals surface area contributed by atoms with Crippen LogP contribution in [0.4, 0.5) is 15.8 Å². The van der Waals surface area contributed by atoms with Gasteiger partial charge in [-0.05, 0) is 84.9 Å². The standard InChI is InChI=1S/C29H28FN3O6S/c1-37-24-13-4-18(16-25(24)38-2)14-15-32-23(27(35)33(29(32)40)22-11-7-20(30)8-12-22)17-26(34)31-21-9-5-19(6-10-21)28(36)39-3/h4-13,16,23H,14-15,17H2,1-3H3,(H,31,34)/t23-/m1/s1. The summed E-state index contributed by atoms with van der Waals surface area (Å²) in [5.74, 6) is -0.573. The lowest BCUT2D eigenvalue weighted by Crippen LogP contribution is -2.39. The average molecular weight is 566 g/mol. The molecule has 0 aromatic heterocycles. The molecule has 2 amide bonds. The van der Waals surface area contributed by atoms with Crippen molar-refractivity contribution in [3.8, 4) is 11.5 Å². The third-order valence-electron chi connectivity index (χ3n) is 6.46. The van der Waals surface area contributed by atoms with E-state index in [2.05, 4.69) is 5.32 Å². The number of carbonyl (C=O) groups is 3. The average Bonchev–Trinajstić information content (AvgIpc) is 3.19. The molecule has 9 nitrogen and oxygen atoms in total. The second-order valence-electron chi connectivity index (χ2n) is 8.90. The molecule has 1 saturated heterocycles. The first-order valence-electron chi connectivity index (χ1n) is 12.3. The molecule has 0 spiro atoms. The first-order chi connectivity index (χ1) is 19.2. The van der Waals surface area contributed by atoms with Crippen molar-refractivity contribution >= 4 is 46.5 Å². The molecule has 0 saturated carbocycles. The minimum atomic E-state index is -0.882. The molecule has 1 aliphatic rings. The van der Waals surface area contributed by atoms with Gasteiger partial charge < -0.3 is 24.4 Å². The van der Waals surface area contributed by atoms with Crippen LogP contribution >= 0.6 is 12.2 Å². The highest BCUT2D eigenvalue weighted by Gasteiger charge is 2.44. The Balaban J connectivity index is 1.54. The Morgan fingerprint density at radius 2 is 1.62 bits per heavy atom. The van der Waals surface area contributed by atoms with E-state index in [1.54, 1.807) is 37.3 Å². The lowest BCUT2D eigenvalue weighted by atomic mass is 10.1. The van der Waals surface area contributed by atoms with Crippen LogP contribution in [-0.2, 0) is 20.7 Å². The van der Waals surface area contributed by atoms with Crippen LogP contribution in [-0.4, -0.2) is 61.7 Å². The Hall–Kier alpha value is -4.51. The van der Waals surface area contributed by atoms with E-state index in [4.69, 9.17) is 26.4 Å². The van der Waals surface area contributed by atoms with E-state index in [0.29, 0.717) is 41.4 Å². The summed E-state index contributed by atoms with van der Waals surface area (Å²) >= 11 is 5.68. The number of ether oxygens (including phenoxy) is 3. The maximum atomic E-state index is 13.6. The molecule has 0 bridgehead atoms. The Morgan fingerprint density at radius 1 is 0.950 bits per heavy atom. The number of amides is 2. The highest BCUT2D eigenvalue weighted by atomic mass is 32.1. The molecule has 3 aromatic carbocycles. The van der Waals surface area contributed by atoms with Gasteiger partial charge in [0.15, 0.2) is 16.6 Å². The van der Waals surface area contributed by atoms with Crippen molar-refractivity contribution in [2.45, 2.75) is 18.9 Å². The number of thiocarbonyl (C=S) groups is 1. The Labute approximate surface area is 236 Å². The summed E-state index contributed by atoms with van der Waals surface area (Å²) < 4.78 is 29.0. The maximum absolute atomic E-state index is 13.6. The van der Waals surface area contributed by atoms with Gasteiger partial charge in [0.1, 0.15) is 11.9 Å². The third kappa shape index (κ3) is 6.20. The number of rotatable bonds is 10. The number of methoxy groups -OCH3 is 3. The molecular weight excluding hydrogens is 537 g/mol. The molecule has 11 heteroatoms. The summed E-state index contributed by atoms with van der Waals surface area (Å²) in [7, 11) is 4.39. The molecule has 3 aromatic rings. The van der Waals surface area contributed by atoms with Gasteiger partial charge in [-0.2, -0.15) is 0 Å². The Bertz CT molecular complexity index is 1410. The first-order valence-corrected chi connectivity index (χ1v) is 12.8. The Morgan fingerprint density at radius 3 is 2.25 bits per heavy atom. The van der Waals surface area contributed by atoms with E-state index >= 15 is 0 Å². The van der Waals surface area contributed by atoms with Gasteiger partial charge in [0.05, 0.1) is 39.0 Å². The molecule has 1 fully saturated rings. The van der Waals surface area contributed by atoms with E-state index in [1.165, 1.54) is 48.4 Å². The highest BCUT2D eigenvalue weighted by molar-refractivity contribution is 7.80. The molecule has 0 radical (unpaired) electrons. The fraction of sp³-hybridized carbons (Fsp3) is 0.241. The maximum Gasteiger partial charge on any atom is 0.337 e. The lowest BCUT2D eigenvalue weighted by Gasteiger charge is -2.24. The Kier molecular flexibility index (Phi) is 8.95. The van der Waals surface area contributed by atoms with Gasteiger partial charge in [0, 0.05) is 12.2 Å². The van der Waals surface area contributed by atoms with E-state index in [-0.39, 0.29) is 17.4 Å². The van der Waals surface area contributed by atoms with Crippen LogP contribution in [0.5, 0.6) is 11.5 Å². The minimum absolute atomic E-state index is 0.179. The van der Waals surface area contributed by atoms with Gasteiger partial charge in [0.2, 0.25) is 5.91 Å². The zero-order valence-corrected chi connectivity index (χ0v) is 23.0. The van der Waals surface area contributed by atoms with Crippen LogP contribution in [0.25, 0.3) is 0 Å². The predicted molar refractivity (Wildman–Crippen MR) is 151 cm³/mol. The number of anilines is 2. The molecule has 4 rings (SSSR count). The number of esters is 1. The number of nitrogens with one attached hydrogen (secondary N) is 1. The zero-order valence-electron chi connectivity index (χ0n) is 22.2. The fourth-order valence-corrected chi connectivity index (χ4v) is 4.81. The number of halogens is 1. The fourth-order valence-electron chi connectivity index (χ4n) is 4.40. The van der Waals surface area contributed by atoms with Gasteiger partial charge in [-0.15, -0.1) is 0 Å². The molecule has 0 unspecified atom stereocenters. The molecule has 40 heavy (non-hydrogen) atoms. The predicted octanol–water partition coefficient (Wildman–Crippen LogP) is 4.20. The van der Waals surface area contributed by atoms with Gasteiger partial charge in [-0.25, -0.2) is 9.18 Å². The molecule has 1 heterocycles. The SMILES string of the molecule is COC(=O)c1ccc(NC(=O)C[C@@H]2C(=O)N(c3ccc(F)cc3)C(=S)N2CCc2ccc(OC)c(OC)c2)cc1. The molecule has 1 atom stereocenters. The quantitative estimate of drug-likeness (QED) is 0.289. The summed E-state index contributed by atoms with van der Waals surface area (Å²) in [5.41, 5.74) is 2.13. The second kappa shape index (κ2) is 12.6. The summed E-state index contributed by atoms with van der Waals surface area (Å²) in [5, 5.41) is 2.98. The number of hydrogen-bond acceptors (Lipinski definition) is 7. The van der Waals surface area contributed by atoms with Gasteiger partial charge in [-0.3, -0.25) is 14.5 Å². The van der Waals surface area contributed by atoms with E-state index in [0.717, 1.165) is 5.56 Å². The highest BCUT2D eigenvalue weighted by Crippen LogP contribution is 2.30. The van der Waals surface area contributed by atoms with E-state index in [1.807, 2.05) is 12.1 Å². The largest absolute Gasteiger partial charge is 0.493 e. The lowest BCUT2D eigenvalue weighted by molar-refractivity contribution is -0.124. The second-order valence-corrected chi connectivity index (χ2v) is 9.27. The van der Waals surface area contributed by atoms with Crippen LogP contribution in [0.2, 0.25) is 0 Å². The van der Waals surface area contributed by atoms with Crippen molar-refractivity contribution < 1.29 is 33.0 Å². The van der Waals surface area contributed by atoms with Crippen LogP contribution in [0.3, 0.4) is 0 Å². The van der Waals surface area contributed by atoms with Crippen LogP contribution < -0.4 is 19.7 Å². The number of carbonyl (C=O) groups excluding carboxylic acids is 3. The molecular formula is C29H28FN3O6S. The van der Waals surface area contributed by atoms with Crippen molar-refractivity contribution in [3.05, 3.63) is 83.7 Å². The van der Waals surface area contributed by atoms with Gasteiger partial charge in [0.25, 0.3) is 5.91 Å². The van der Waals surface area contributed by atoms with Crippen molar-refractivity contribution in [2.24, 2.45) is 0 Å². The number of hydrogen-bond donors (Lipinski definition) is 1. The van der Waals surface area contributed by atoms with Crippen molar-refractivity contribution in [3.63, 3.8) is 0 Å². The molecule has 1 aliphatic heterocycles. The summed E-state index contributed by atoms with van der Waals surface area (Å²) in [6.45, 7) is 0.337. The minimum Gasteiger partial charge on any atom is -0.493 e. The summed E-state index contributed by atoms with van der Waals surface area (Å²) in [4.78, 5) is 41.3. The van der Waals surface area contributed by atoms with E-state index < -0.39 is 23.7 Å². The van der Waals surface area contributed by atoms with Crippen molar-refractivity contribution in [1.29, 1.82) is 0 Å².